The fraction of sp³-hybridized carbons (Fsp3) is 0.0465. The summed E-state index contributed by atoms with van der Waals surface area (Å²) in [6.07, 6.45) is 5.83. The van der Waals surface area contributed by atoms with E-state index in [0.717, 1.165) is 50.1 Å². The SMILES string of the molecule is C1=c2sc3ccccc3c2=CC(N(c2ccc3c(c2)oc2ccc4sc(-c5ccccc5)nc4c23)c2ccc3sc4ccccc4c3c2)C1. The van der Waals surface area contributed by atoms with Crippen molar-refractivity contribution in [2.75, 3.05) is 4.90 Å². The Bertz CT molecular complexity index is 3060. The van der Waals surface area contributed by atoms with Crippen LogP contribution in [0.2, 0.25) is 0 Å². The predicted molar refractivity (Wildman–Crippen MR) is 212 cm³/mol. The van der Waals surface area contributed by atoms with Crippen molar-refractivity contribution in [2.24, 2.45) is 0 Å². The molecule has 1 aliphatic carbocycles. The zero-order valence-corrected chi connectivity index (χ0v) is 28.5. The van der Waals surface area contributed by atoms with E-state index in [1.165, 1.54) is 50.4 Å². The fourth-order valence-electron chi connectivity index (χ4n) is 7.57. The van der Waals surface area contributed by atoms with Crippen LogP contribution in [0.1, 0.15) is 6.42 Å². The van der Waals surface area contributed by atoms with Crippen LogP contribution in [0.4, 0.5) is 11.4 Å². The maximum Gasteiger partial charge on any atom is 0.137 e. The van der Waals surface area contributed by atoms with E-state index in [1.54, 1.807) is 11.3 Å². The second-order valence-corrected chi connectivity index (χ2v) is 15.8. The van der Waals surface area contributed by atoms with Crippen LogP contribution in [0.15, 0.2) is 132 Å². The molecule has 0 N–H and O–H groups in total. The summed E-state index contributed by atoms with van der Waals surface area (Å²) in [5.74, 6) is 0. The lowest BCUT2D eigenvalue weighted by Crippen LogP contribution is -2.36. The molecule has 6 aromatic carbocycles. The number of thiophene rings is 2. The van der Waals surface area contributed by atoms with Gasteiger partial charge in [-0.1, -0.05) is 78.9 Å². The van der Waals surface area contributed by atoms with Crippen LogP contribution in [-0.2, 0) is 0 Å². The quantitative estimate of drug-likeness (QED) is 0.185. The lowest BCUT2D eigenvalue weighted by Gasteiger charge is -2.32. The average molecular weight is 683 g/mol. The molecule has 0 saturated heterocycles. The highest BCUT2D eigenvalue weighted by Crippen LogP contribution is 2.43. The van der Waals surface area contributed by atoms with Crippen molar-refractivity contribution in [1.29, 1.82) is 0 Å². The number of aromatic nitrogens is 1. The van der Waals surface area contributed by atoms with Gasteiger partial charge in [0.2, 0.25) is 0 Å². The van der Waals surface area contributed by atoms with E-state index in [1.807, 2.05) is 28.7 Å². The number of benzene rings is 6. The zero-order valence-electron chi connectivity index (χ0n) is 26.1. The van der Waals surface area contributed by atoms with Gasteiger partial charge >= 0.3 is 0 Å². The van der Waals surface area contributed by atoms with E-state index in [4.69, 9.17) is 9.40 Å². The second-order valence-electron chi connectivity index (χ2n) is 12.7. The van der Waals surface area contributed by atoms with Crippen LogP contribution < -0.4 is 14.7 Å². The molecule has 0 aliphatic heterocycles. The van der Waals surface area contributed by atoms with Gasteiger partial charge in [-0.2, -0.15) is 0 Å². The number of thiazole rings is 1. The molecule has 1 aliphatic rings. The minimum absolute atomic E-state index is 0.133. The van der Waals surface area contributed by atoms with Gasteiger partial charge in [0, 0.05) is 63.2 Å². The Kier molecular flexibility index (Phi) is 5.99. The van der Waals surface area contributed by atoms with Gasteiger partial charge in [0.15, 0.2) is 0 Å². The Morgan fingerprint density at radius 1 is 0.592 bits per heavy atom. The molecule has 0 spiro atoms. The van der Waals surface area contributed by atoms with Crippen LogP contribution in [0.25, 0.3) is 85.1 Å². The van der Waals surface area contributed by atoms with Crippen molar-refractivity contribution in [3.8, 4) is 10.6 Å². The highest BCUT2D eigenvalue weighted by molar-refractivity contribution is 7.25. The monoisotopic (exact) mass is 682 g/mol. The number of rotatable bonds is 4. The molecule has 0 amide bonds. The van der Waals surface area contributed by atoms with Crippen LogP contribution in [-0.4, -0.2) is 11.0 Å². The molecule has 11 rings (SSSR count). The van der Waals surface area contributed by atoms with Gasteiger partial charge in [-0.15, -0.1) is 34.0 Å². The van der Waals surface area contributed by atoms with E-state index < -0.39 is 0 Å². The standard InChI is InChI=1S/C43H26N2OS3/c1-2-8-25(9-3-1)43-44-42-40(49-43)21-18-34-41(42)31-17-14-28(24-35(31)46-34)45(26-15-19-38-32(22-26)29-10-4-6-12-36(29)47-38)27-16-20-39-33(23-27)30-11-5-7-13-37(30)48-39/h1-15,17-24,27H,16H2. The first-order valence-corrected chi connectivity index (χ1v) is 18.9. The molecule has 0 saturated carbocycles. The summed E-state index contributed by atoms with van der Waals surface area (Å²) in [5.41, 5.74) is 6.18. The molecule has 6 heteroatoms. The Morgan fingerprint density at radius 2 is 1.33 bits per heavy atom. The summed E-state index contributed by atoms with van der Waals surface area (Å²) >= 11 is 5.48. The van der Waals surface area contributed by atoms with Gasteiger partial charge in [0.25, 0.3) is 0 Å². The van der Waals surface area contributed by atoms with Crippen molar-refractivity contribution in [3.63, 3.8) is 0 Å². The van der Waals surface area contributed by atoms with E-state index in [-0.39, 0.29) is 6.04 Å². The summed E-state index contributed by atoms with van der Waals surface area (Å²) in [6, 6.07) is 46.1. The zero-order chi connectivity index (χ0) is 32.1. The number of anilines is 2. The molecule has 1 unspecified atom stereocenters. The summed E-state index contributed by atoms with van der Waals surface area (Å²) in [5, 5.41) is 8.49. The molecule has 1 atom stereocenters. The van der Waals surface area contributed by atoms with Crippen molar-refractivity contribution in [3.05, 3.63) is 137 Å². The van der Waals surface area contributed by atoms with Gasteiger partial charge in [-0.25, -0.2) is 4.98 Å². The highest BCUT2D eigenvalue weighted by Gasteiger charge is 2.24. The molecule has 0 radical (unpaired) electrons. The summed E-state index contributed by atoms with van der Waals surface area (Å²) in [7, 11) is 0. The number of nitrogens with zero attached hydrogens (tertiary/aromatic N) is 2. The number of hydrogen-bond acceptors (Lipinski definition) is 6. The van der Waals surface area contributed by atoms with E-state index in [0.29, 0.717) is 0 Å². The molecule has 0 fully saturated rings. The van der Waals surface area contributed by atoms with Crippen molar-refractivity contribution < 1.29 is 4.42 Å². The van der Waals surface area contributed by atoms with E-state index in [9.17, 15) is 0 Å². The first-order valence-electron chi connectivity index (χ1n) is 16.5. The fourth-order valence-corrected chi connectivity index (χ4v) is 10.8. The Balaban J connectivity index is 1.11. The third-order valence-corrected chi connectivity index (χ3v) is 13.2. The Hall–Kier alpha value is -5.27. The van der Waals surface area contributed by atoms with Crippen LogP contribution in [0, 0.1) is 0 Å². The van der Waals surface area contributed by atoms with Crippen LogP contribution in [0.5, 0.6) is 0 Å². The van der Waals surface area contributed by atoms with Gasteiger partial charge < -0.3 is 9.32 Å². The minimum atomic E-state index is 0.133. The molecule has 232 valence electrons. The first-order chi connectivity index (χ1) is 24.2. The summed E-state index contributed by atoms with van der Waals surface area (Å²) in [4.78, 5) is 7.65. The molecule has 4 aromatic heterocycles. The molecule has 10 aromatic rings. The smallest absolute Gasteiger partial charge is 0.137 e. The topological polar surface area (TPSA) is 29.3 Å². The maximum atomic E-state index is 6.63. The third-order valence-electron chi connectivity index (χ3n) is 9.81. The predicted octanol–water partition coefficient (Wildman–Crippen LogP) is 11.6. The van der Waals surface area contributed by atoms with Gasteiger partial charge in [-0.05, 0) is 66.2 Å². The van der Waals surface area contributed by atoms with E-state index >= 15 is 0 Å². The van der Waals surface area contributed by atoms with Crippen LogP contribution >= 0.6 is 34.0 Å². The van der Waals surface area contributed by atoms with Crippen LogP contribution in [0.3, 0.4) is 0 Å². The largest absolute Gasteiger partial charge is 0.456 e. The Labute approximate surface area is 292 Å². The first kappa shape index (κ1) is 27.7. The van der Waals surface area contributed by atoms with Crippen molar-refractivity contribution in [1.82, 2.24) is 4.98 Å². The Morgan fingerprint density at radius 3 is 2.22 bits per heavy atom. The summed E-state index contributed by atoms with van der Waals surface area (Å²) in [6.45, 7) is 0. The number of furan rings is 1. The molecular formula is C43H26N2OS3. The highest BCUT2D eigenvalue weighted by atomic mass is 32.1. The number of fused-ring (bicyclic) bond motifs is 11. The molecule has 4 heterocycles. The molecule has 3 nitrogen and oxygen atoms in total. The summed E-state index contributed by atoms with van der Waals surface area (Å²) < 4.78 is 13.1. The molecule has 0 bridgehead atoms. The van der Waals surface area contributed by atoms with Crippen molar-refractivity contribution >= 4 is 120 Å². The third kappa shape index (κ3) is 4.28. The van der Waals surface area contributed by atoms with Gasteiger partial charge in [-0.3, -0.25) is 0 Å². The minimum Gasteiger partial charge on any atom is -0.456 e. The lowest BCUT2D eigenvalue weighted by atomic mass is 10.0. The van der Waals surface area contributed by atoms with Gasteiger partial charge in [0.05, 0.1) is 21.6 Å². The van der Waals surface area contributed by atoms with Gasteiger partial charge in [0.1, 0.15) is 16.2 Å². The number of hydrogen-bond donors (Lipinski definition) is 0. The molecular weight excluding hydrogens is 657 g/mol. The van der Waals surface area contributed by atoms with E-state index in [2.05, 4.69) is 138 Å². The molecule has 49 heavy (non-hydrogen) atoms. The maximum absolute atomic E-state index is 6.63. The normalized spacial score (nSPS) is 14.6. The average Bonchev–Trinajstić information content (AvgIpc) is 3.92. The lowest BCUT2D eigenvalue weighted by molar-refractivity contribution is 0.669. The second kappa shape index (κ2) is 10.6. The van der Waals surface area contributed by atoms with Crippen molar-refractivity contribution in [2.45, 2.75) is 12.5 Å².